The summed E-state index contributed by atoms with van der Waals surface area (Å²) in [6.07, 6.45) is 2.84. The number of carbonyl (C=O) groups is 1. The molecule has 6 nitrogen and oxygen atoms in total. The number of benzene rings is 1. The summed E-state index contributed by atoms with van der Waals surface area (Å²) in [6, 6.07) is 7.11. The fourth-order valence-corrected chi connectivity index (χ4v) is 2.94. The lowest BCUT2D eigenvalue weighted by molar-refractivity contribution is -0.137. The Balaban J connectivity index is 2.28. The van der Waals surface area contributed by atoms with Gasteiger partial charge in [-0.1, -0.05) is 18.2 Å². The molecule has 1 aromatic carbocycles. The number of nitrogens with two attached hydrogens (primary N) is 1. The fourth-order valence-electron chi connectivity index (χ4n) is 2.18. The zero-order chi connectivity index (χ0) is 14.8. The quantitative estimate of drug-likeness (QED) is 0.789. The number of hydrogen-bond acceptors (Lipinski definition) is 3. The Kier molecular flexibility index (Phi) is 4.10. The van der Waals surface area contributed by atoms with Crippen LogP contribution in [0.5, 0.6) is 0 Å². The van der Waals surface area contributed by atoms with Crippen molar-refractivity contribution < 1.29 is 18.3 Å². The van der Waals surface area contributed by atoms with E-state index in [0.717, 1.165) is 5.52 Å². The van der Waals surface area contributed by atoms with E-state index in [1.807, 2.05) is 12.1 Å². The molecule has 7 heteroatoms. The monoisotopic (exact) mass is 296 g/mol. The van der Waals surface area contributed by atoms with E-state index in [-0.39, 0.29) is 11.3 Å². The Morgan fingerprint density at radius 1 is 1.25 bits per heavy atom. The third-order valence-corrected chi connectivity index (χ3v) is 4.04. The Morgan fingerprint density at radius 2 is 1.95 bits per heavy atom. The zero-order valence-corrected chi connectivity index (χ0v) is 11.6. The minimum atomic E-state index is -3.77. The molecule has 0 radical (unpaired) electrons. The number of fused-ring (bicyclic) bond motifs is 1. The normalized spacial score (nSPS) is 11.8. The first-order chi connectivity index (χ1) is 9.39. The summed E-state index contributed by atoms with van der Waals surface area (Å²) in [5.74, 6) is -0.826. The minimum absolute atomic E-state index is 0.103. The fraction of sp³-hybridized carbons (Fsp3) is 0.308. The molecule has 0 atom stereocenters. The third kappa shape index (κ3) is 3.17. The second-order valence-corrected chi connectivity index (χ2v) is 6.13. The smallest absolute Gasteiger partial charge is 0.303 e. The number of unbranched alkanes of at least 4 members (excludes halogenated alkanes) is 1. The topological polar surface area (TPSA) is 102 Å². The molecular formula is C13H16N2O4S. The molecule has 0 saturated carbocycles. The molecular weight excluding hydrogens is 280 g/mol. The van der Waals surface area contributed by atoms with E-state index in [4.69, 9.17) is 10.2 Å². The SMILES string of the molecule is NS(=O)(=O)c1cn(CCCCC(=O)O)c2ccccc12. The van der Waals surface area contributed by atoms with E-state index in [0.29, 0.717) is 24.8 Å². The summed E-state index contributed by atoms with van der Waals surface area (Å²) < 4.78 is 24.9. The Bertz CT molecular complexity index is 734. The lowest BCUT2D eigenvalue weighted by Crippen LogP contribution is -2.11. The molecule has 0 aliphatic heterocycles. The molecule has 1 heterocycles. The summed E-state index contributed by atoms with van der Waals surface area (Å²) >= 11 is 0. The van der Waals surface area contributed by atoms with Crippen molar-refractivity contribution in [2.45, 2.75) is 30.7 Å². The van der Waals surface area contributed by atoms with Crippen molar-refractivity contribution in [3.05, 3.63) is 30.5 Å². The molecule has 0 fully saturated rings. The largest absolute Gasteiger partial charge is 0.481 e. The average molecular weight is 296 g/mol. The van der Waals surface area contributed by atoms with Gasteiger partial charge in [0.1, 0.15) is 4.90 Å². The summed E-state index contributed by atoms with van der Waals surface area (Å²) in [7, 11) is -3.77. The van der Waals surface area contributed by atoms with Gasteiger partial charge in [-0.15, -0.1) is 0 Å². The predicted molar refractivity (Wildman–Crippen MR) is 74.8 cm³/mol. The van der Waals surface area contributed by atoms with Gasteiger partial charge in [0, 0.05) is 30.1 Å². The number of sulfonamides is 1. The number of carboxylic acids is 1. The number of carboxylic acid groups (broad SMARTS) is 1. The number of para-hydroxylation sites is 1. The van der Waals surface area contributed by atoms with Gasteiger partial charge in [-0.05, 0) is 18.9 Å². The zero-order valence-electron chi connectivity index (χ0n) is 10.8. The van der Waals surface area contributed by atoms with Gasteiger partial charge in [0.25, 0.3) is 0 Å². The number of aliphatic carboxylic acids is 1. The Morgan fingerprint density at radius 3 is 2.60 bits per heavy atom. The van der Waals surface area contributed by atoms with Gasteiger partial charge in [0.2, 0.25) is 10.0 Å². The maximum Gasteiger partial charge on any atom is 0.303 e. The summed E-state index contributed by atoms with van der Waals surface area (Å²) in [4.78, 5) is 10.6. The van der Waals surface area contributed by atoms with E-state index < -0.39 is 16.0 Å². The maximum absolute atomic E-state index is 11.6. The van der Waals surface area contributed by atoms with Crippen LogP contribution in [0.4, 0.5) is 0 Å². The lowest BCUT2D eigenvalue weighted by atomic mass is 10.2. The molecule has 0 aliphatic carbocycles. The first-order valence-electron chi connectivity index (χ1n) is 6.22. The summed E-state index contributed by atoms with van der Waals surface area (Å²) in [5, 5.41) is 14.4. The minimum Gasteiger partial charge on any atom is -0.481 e. The van der Waals surface area contributed by atoms with Crippen LogP contribution in [0.2, 0.25) is 0 Å². The Labute approximate surface area is 116 Å². The van der Waals surface area contributed by atoms with Gasteiger partial charge in [-0.3, -0.25) is 4.79 Å². The molecule has 0 saturated heterocycles. The molecule has 2 rings (SSSR count). The summed E-state index contributed by atoms with van der Waals surface area (Å²) in [5.41, 5.74) is 0.784. The Hall–Kier alpha value is -1.86. The van der Waals surface area contributed by atoms with E-state index >= 15 is 0 Å². The molecule has 0 bridgehead atoms. The molecule has 0 unspecified atom stereocenters. The molecule has 20 heavy (non-hydrogen) atoms. The van der Waals surface area contributed by atoms with Crippen molar-refractivity contribution in [2.24, 2.45) is 5.14 Å². The number of nitrogens with zero attached hydrogens (tertiary/aromatic N) is 1. The van der Waals surface area contributed by atoms with Crippen LogP contribution in [0.3, 0.4) is 0 Å². The first-order valence-corrected chi connectivity index (χ1v) is 7.76. The molecule has 1 aromatic heterocycles. The van der Waals surface area contributed by atoms with E-state index in [1.165, 1.54) is 6.20 Å². The first kappa shape index (κ1) is 14.5. The van der Waals surface area contributed by atoms with Crippen molar-refractivity contribution in [3.63, 3.8) is 0 Å². The van der Waals surface area contributed by atoms with Crippen LogP contribution in [-0.4, -0.2) is 24.1 Å². The molecule has 0 spiro atoms. The van der Waals surface area contributed by atoms with Crippen LogP contribution in [0.15, 0.2) is 35.4 Å². The number of aryl methyl sites for hydroxylation is 1. The predicted octanol–water partition coefficient (Wildman–Crippen LogP) is 1.54. The number of hydrogen-bond donors (Lipinski definition) is 2. The second-order valence-electron chi connectivity index (χ2n) is 4.60. The van der Waals surface area contributed by atoms with E-state index in [9.17, 15) is 13.2 Å². The van der Waals surface area contributed by atoms with Crippen molar-refractivity contribution in [2.75, 3.05) is 0 Å². The standard InChI is InChI=1S/C13H16N2O4S/c14-20(18,19)12-9-15(8-4-3-7-13(16)17)11-6-2-1-5-10(11)12/h1-2,5-6,9H,3-4,7-8H2,(H,16,17)(H2,14,18,19). The van der Waals surface area contributed by atoms with Crippen LogP contribution in [0.1, 0.15) is 19.3 Å². The van der Waals surface area contributed by atoms with Crippen molar-refractivity contribution in [1.82, 2.24) is 4.57 Å². The van der Waals surface area contributed by atoms with E-state index in [1.54, 1.807) is 16.7 Å². The molecule has 3 N–H and O–H groups in total. The van der Waals surface area contributed by atoms with Crippen LogP contribution in [-0.2, 0) is 21.4 Å². The molecule has 0 amide bonds. The highest BCUT2D eigenvalue weighted by Gasteiger charge is 2.16. The van der Waals surface area contributed by atoms with Crippen LogP contribution in [0.25, 0.3) is 10.9 Å². The lowest BCUT2D eigenvalue weighted by Gasteiger charge is -2.03. The molecule has 108 valence electrons. The second kappa shape index (κ2) is 5.64. The van der Waals surface area contributed by atoms with E-state index in [2.05, 4.69) is 0 Å². The average Bonchev–Trinajstić information content (AvgIpc) is 2.73. The van der Waals surface area contributed by atoms with Crippen molar-refractivity contribution >= 4 is 26.9 Å². The van der Waals surface area contributed by atoms with Crippen LogP contribution in [0, 0.1) is 0 Å². The van der Waals surface area contributed by atoms with Gasteiger partial charge in [0.15, 0.2) is 0 Å². The summed E-state index contributed by atoms with van der Waals surface area (Å²) in [6.45, 7) is 0.559. The highest BCUT2D eigenvalue weighted by Crippen LogP contribution is 2.24. The molecule has 0 aliphatic rings. The van der Waals surface area contributed by atoms with Crippen molar-refractivity contribution in [3.8, 4) is 0 Å². The van der Waals surface area contributed by atoms with Gasteiger partial charge < -0.3 is 9.67 Å². The van der Waals surface area contributed by atoms with Gasteiger partial charge in [-0.25, -0.2) is 13.6 Å². The number of rotatable bonds is 6. The third-order valence-electron chi connectivity index (χ3n) is 3.10. The highest BCUT2D eigenvalue weighted by atomic mass is 32.2. The van der Waals surface area contributed by atoms with Crippen LogP contribution < -0.4 is 5.14 Å². The number of aromatic nitrogens is 1. The van der Waals surface area contributed by atoms with Crippen molar-refractivity contribution in [1.29, 1.82) is 0 Å². The van der Waals surface area contributed by atoms with Gasteiger partial charge >= 0.3 is 5.97 Å². The van der Waals surface area contributed by atoms with Gasteiger partial charge in [0.05, 0.1) is 0 Å². The molecule has 2 aromatic rings. The maximum atomic E-state index is 11.6. The number of primary sulfonamides is 1. The highest BCUT2D eigenvalue weighted by molar-refractivity contribution is 7.89. The van der Waals surface area contributed by atoms with Crippen LogP contribution >= 0.6 is 0 Å². The van der Waals surface area contributed by atoms with Gasteiger partial charge in [-0.2, -0.15) is 0 Å².